The van der Waals surface area contributed by atoms with Crippen LogP contribution in [-0.4, -0.2) is 43.0 Å². The largest absolute Gasteiger partial charge is 0.368 e. The average Bonchev–Trinajstić information content (AvgIpc) is 2.17. The van der Waals surface area contributed by atoms with Crippen LogP contribution in [0.2, 0.25) is 0 Å². The SMILES string of the molecule is CCN(CC)CCCNC(C)C(N)=O. The number of carbonyl (C=O) groups is 1. The van der Waals surface area contributed by atoms with Crippen molar-refractivity contribution in [3.8, 4) is 0 Å². The first-order chi connectivity index (χ1) is 6.61. The molecule has 0 aromatic rings. The molecule has 0 aliphatic rings. The van der Waals surface area contributed by atoms with Gasteiger partial charge in [0.15, 0.2) is 0 Å². The van der Waals surface area contributed by atoms with Crippen molar-refractivity contribution in [1.82, 2.24) is 10.2 Å². The molecule has 1 amide bonds. The zero-order valence-corrected chi connectivity index (χ0v) is 9.55. The van der Waals surface area contributed by atoms with Crippen LogP contribution in [0.15, 0.2) is 0 Å². The van der Waals surface area contributed by atoms with Gasteiger partial charge < -0.3 is 16.0 Å². The Morgan fingerprint density at radius 2 is 2.00 bits per heavy atom. The molecule has 3 N–H and O–H groups in total. The van der Waals surface area contributed by atoms with Gasteiger partial charge in [0.2, 0.25) is 5.91 Å². The molecule has 0 heterocycles. The van der Waals surface area contributed by atoms with E-state index in [0.717, 1.165) is 32.6 Å². The minimum atomic E-state index is -0.284. The van der Waals surface area contributed by atoms with Crippen molar-refractivity contribution in [3.63, 3.8) is 0 Å². The highest BCUT2D eigenvalue weighted by molar-refractivity contribution is 5.79. The first kappa shape index (κ1) is 13.4. The number of amides is 1. The van der Waals surface area contributed by atoms with Crippen LogP contribution in [0.4, 0.5) is 0 Å². The van der Waals surface area contributed by atoms with Crippen LogP contribution in [0, 0.1) is 0 Å². The summed E-state index contributed by atoms with van der Waals surface area (Å²) >= 11 is 0. The Labute approximate surface area is 86.8 Å². The summed E-state index contributed by atoms with van der Waals surface area (Å²) < 4.78 is 0. The van der Waals surface area contributed by atoms with Crippen LogP contribution in [0.5, 0.6) is 0 Å². The third-order valence-electron chi connectivity index (χ3n) is 2.42. The van der Waals surface area contributed by atoms with Crippen molar-refractivity contribution in [3.05, 3.63) is 0 Å². The molecule has 0 aromatic carbocycles. The zero-order chi connectivity index (χ0) is 11.0. The third kappa shape index (κ3) is 5.94. The summed E-state index contributed by atoms with van der Waals surface area (Å²) in [6, 6.07) is -0.216. The summed E-state index contributed by atoms with van der Waals surface area (Å²) in [6.07, 6.45) is 1.05. The Hall–Kier alpha value is -0.610. The molecular formula is C10H23N3O. The second-order valence-electron chi connectivity index (χ2n) is 3.46. The van der Waals surface area contributed by atoms with Crippen molar-refractivity contribution in [2.75, 3.05) is 26.2 Å². The summed E-state index contributed by atoms with van der Waals surface area (Å²) in [5.41, 5.74) is 5.12. The lowest BCUT2D eigenvalue weighted by molar-refractivity contribution is -0.119. The number of nitrogens with one attached hydrogen (secondary N) is 1. The molecule has 0 aliphatic heterocycles. The molecule has 0 radical (unpaired) electrons. The van der Waals surface area contributed by atoms with Crippen molar-refractivity contribution in [2.45, 2.75) is 33.2 Å². The smallest absolute Gasteiger partial charge is 0.234 e. The molecule has 0 aromatic heterocycles. The van der Waals surface area contributed by atoms with Gasteiger partial charge in [0.1, 0.15) is 0 Å². The fourth-order valence-corrected chi connectivity index (χ4v) is 1.26. The molecule has 14 heavy (non-hydrogen) atoms. The van der Waals surface area contributed by atoms with E-state index in [1.54, 1.807) is 6.92 Å². The van der Waals surface area contributed by atoms with Gasteiger partial charge in [-0.2, -0.15) is 0 Å². The molecule has 0 saturated heterocycles. The molecular weight excluding hydrogens is 178 g/mol. The van der Waals surface area contributed by atoms with Crippen LogP contribution < -0.4 is 11.1 Å². The van der Waals surface area contributed by atoms with E-state index in [4.69, 9.17) is 5.73 Å². The maximum absolute atomic E-state index is 10.7. The van der Waals surface area contributed by atoms with Gasteiger partial charge >= 0.3 is 0 Å². The van der Waals surface area contributed by atoms with Crippen molar-refractivity contribution in [1.29, 1.82) is 0 Å². The van der Waals surface area contributed by atoms with Gasteiger partial charge in [-0.05, 0) is 39.5 Å². The third-order valence-corrected chi connectivity index (χ3v) is 2.42. The predicted molar refractivity (Wildman–Crippen MR) is 59.1 cm³/mol. The van der Waals surface area contributed by atoms with Crippen LogP contribution in [0.25, 0.3) is 0 Å². The lowest BCUT2D eigenvalue weighted by Crippen LogP contribution is -2.40. The van der Waals surface area contributed by atoms with E-state index >= 15 is 0 Å². The molecule has 0 bridgehead atoms. The highest BCUT2D eigenvalue weighted by Gasteiger charge is 2.06. The molecule has 0 rings (SSSR count). The van der Waals surface area contributed by atoms with E-state index < -0.39 is 0 Å². The number of hydrogen-bond acceptors (Lipinski definition) is 3. The Morgan fingerprint density at radius 3 is 2.43 bits per heavy atom. The van der Waals surface area contributed by atoms with Crippen LogP contribution in [-0.2, 0) is 4.79 Å². The van der Waals surface area contributed by atoms with Gasteiger partial charge in [0.25, 0.3) is 0 Å². The number of nitrogens with two attached hydrogens (primary N) is 1. The van der Waals surface area contributed by atoms with Gasteiger partial charge in [-0.3, -0.25) is 4.79 Å². The molecule has 1 atom stereocenters. The summed E-state index contributed by atoms with van der Waals surface area (Å²) in [5, 5.41) is 3.08. The second kappa shape index (κ2) is 7.76. The molecule has 0 aliphatic carbocycles. The van der Waals surface area contributed by atoms with Gasteiger partial charge in [-0.25, -0.2) is 0 Å². The molecule has 4 nitrogen and oxygen atoms in total. The Morgan fingerprint density at radius 1 is 1.43 bits per heavy atom. The highest BCUT2D eigenvalue weighted by Crippen LogP contribution is 1.90. The average molecular weight is 201 g/mol. The quantitative estimate of drug-likeness (QED) is 0.551. The molecule has 0 spiro atoms. The minimum Gasteiger partial charge on any atom is -0.368 e. The van der Waals surface area contributed by atoms with Gasteiger partial charge in [-0.1, -0.05) is 13.8 Å². The second-order valence-corrected chi connectivity index (χ2v) is 3.46. The number of primary amides is 1. The molecule has 84 valence electrons. The number of carbonyl (C=O) groups excluding carboxylic acids is 1. The Bertz CT molecular complexity index is 157. The van der Waals surface area contributed by atoms with E-state index in [2.05, 4.69) is 24.1 Å². The topological polar surface area (TPSA) is 58.4 Å². The number of rotatable bonds is 8. The summed E-state index contributed by atoms with van der Waals surface area (Å²) in [4.78, 5) is 13.0. The van der Waals surface area contributed by atoms with E-state index in [1.807, 2.05) is 0 Å². The van der Waals surface area contributed by atoms with Gasteiger partial charge in [0, 0.05) is 0 Å². The normalized spacial score (nSPS) is 13.1. The lowest BCUT2D eigenvalue weighted by atomic mass is 10.3. The standard InChI is InChI=1S/C10H23N3O/c1-4-13(5-2)8-6-7-12-9(3)10(11)14/h9,12H,4-8H2,1-3H3,(H2,11,14). The zero-order valence-electron chi connectivity index (χ0n) is 9.55. The summed E-state index contributed by atoms with van der Waals surface area (Å²) in [7, 11) is 0. The molecule has 0 fully saturated rings. The van der Waals surface area contributed by atoms with E-state index in [0.29, 0.717) is 0 Å². The minimum absolute atomic E-state index is 0.216. The Balaban J connectivity index is 3.41. The van der Waals surface area contributed by atoms with Crippen LogP contribution >= 0.6 is 0 Å². The number of nitrogens with zero attached hydrogens (tertiary/aromatic N) is 1. The van der Waals surface area contributed by atoms with Crippen molar-refractivity contribution < 1.29 is 4.79 Å². The monoisotopic (exact) mass is 201 g/mol. The summed E-state index contributed by atoms with van der Waals surface area (Å²) in [5.74, 6) is -0.284. The van der Waals surface area contributed by atoms with Crippen molar-refractivity contribution >= 4 is 5.91 Å². The van der Waals surface area contributed by atoms with Crippen molar-refractivity contribution in [2.24, 2.45) is 5.73 Å². The van der Waals surface area contributed by atoms with Gasteiger partial charge in [0.05, 0.1) is 6.04 Å². The van der Waals surface area contributed by atoms with E-state index in [1.165, 1.54) is 0 Å². The molecule has 0 saturated carbocycles. The fourth-order valence-electron chi connectivity index (χ4n) is 1.26. The lowest BCUT2D eigenvalue weighted by Gasteiger charge is -2.18. The van der Waals surface area contributed by atoms with E-state index in [-0.39, 0.29) is 11.9 Å². The fraction of sp³-hybridized carbons (Fsp3) is 0.900. The first-order valence-corrected chi connectivity index (χ1v) is 5.36. The maximum atomic E-state index is 10.7. The van der Waals surface area contributed by atoms with E-state index in [9.17, 15) is 4.79 Å². The number of hydrogen-bond donors (Lipinski definition) is 2. The molecule has 1 unspecified atom stereocenters. The summed E-state index contributed by atoms with van der Waals surface area (Å²) in [6.45, 7) is 10.2. The van der Waals surface area contributed by atoms with Gasteiger partial charge in [-0.15, -0.1) is 0 Å². The Kier molecular flexibility index (Phi) is 7.42. The van der Waals surface area contributed by atoms with Crippen LogP contribution in [0.3, 0.4) is 0 Å². The maximum Gasteiger partial charge on any atom is 0.234 e. The first-order valence-electron chi connectivity index (χ1n) is 5.36. The van der Waals surface area contributed by atoms with Crippen LogP contribution in [0.1, 0.15) is 27.2 Å². The predicted octanol–water partition coefficient (Wildman–Crippen LogP) is 0.182. The molecule has 4 heteroatoms. The highest BCUT2D eigenvalue weighted by atomic mass is 16.1.